The second-order valence-electron chi connectivity index (χ2n) is 5.05. The Morgan fingerprint density at radius 3 is 2.81 bits per heavy atom. The molecule has 16 heavy (non-hydrogen) atoms. The molecule has 84 valence electrons. The van der Waals surface area contributed by atoms with Gasteiger partial charge in [-0.1, -0.05) is 43.9 Å². The fraction of sp³-hybridized carbons (Fsp3) is 0.467. The van der Waals surface area contributed by atoms with Gasteiger partial charge in [-0.3, -0.25) is 0 Å². The van der Waals surface area contributed by atoms with Crippen LogP contribution in [0.4, 0.5) is 0 Å². The lowest BCUT2D eigenvalue weighted by atomic mass is 9.98. The van der Waals surface area contributed by atoms with Gasteiger partial charge in [0.05, 0.1) is 0 Å². The average Bonchev–Trinajstić information content (AvgIpc) is 2.96. The fourth-order valence-corrected chi connectivity index (χ4v) is 3.00. The van der Waals surface area contributed by atoms with E-state index in [4.69, 9.17) is 0 Å². The highest BCUT2D eigenvalue weighted by molar-refractivity contribution is 5.82. The Bertz CT molecular complexity index is 463. The maximum Gasteiger partial charge on any atom is 0.0456 e. The normalized spacial score (nSPS) is 17.2. The Balaban J connectivity index is 1.73. The molecule has 1 heteroatoms. The van der Waals surface area contributed by atoms with Gasteiger partial charge in [-0.15, -0.1) is 0 Å². The van der Waals surface area contributed by atoms with Gasteiger partial charge in [-0.2, -0.15) is 0 Å². The van der Waals surface area contributed by atoms with Crippen LogP contribution >= 0.6 is 0 Å². The van der Waals surface area contributed by atoms with Gasteiger partial charge in [0.15, 0.2) is 0 Å². The predicted octanol–water partition coefficient (Wildman–Crippen LogP) is 4.29. The fourth-order valence-electron chi connectivity index (χ4n) is 3.00. The van der Waals surface area contributed by atoms with Crippen LogP contribution in [-0.2, 0) is 6.42 Å². The van der Waals surface area contributed by atoms with Crippen molar-refractivity contribution >= 4 is 10.9 Å². The molecule has 0 unspecified atom stereocenters. The third kappa shape index (κ3) is 1.87. The van der Waals surface area contributed by atoms with Gasteiger partial charge in [-0.25, -0.2) is 0 Å². The van der Waals surface area contributed by atoms with E-state index in [9.17, 15) is 0 Å². The van der Waals surface area contributed by atoms with Crippen LogP contribution in [0.3, 0.4) is 0 Å². The molecule has 1 heterocycles. The number of H-pyrrole nitrogens is 1. The van der Waals surface area contributed by atoms with E-state index < -0.39 is 0 Å². The number of para-hydroxylation sites is 1. The molecule has 1 N–H and O–H groups in total. The highest BCUT2D eigenvalue weighted by atomic mass is 14.7. The summed E-state index contributed by atoms with van der Waals surface area (Å²) in [7, 11) is 0. The first-order valence-corrected chi connectivity index (χ1v) is 6.48. The van der Waals surface area contributed by atoms with E-state index in [2.05, 4.69) is 35.4 Å². The highest BCUT2D eigenvalue weighted by Crippen LogP contribution is 2.29. The molecular formula is C15H19N. The molecular weight excluding hydrogens is 194 g/mol. The van der Waals surface area contributed by atoms with Crippen molar-refractivity contribution in [2.75, 3.05) is 0 Å². The van der Waals surface area contributed by atoms with Crippen LogP contribution in [0.25, 0.3) is 10.9 Å². The van der Waals surface area contributed by atoms with Crippen molar-refractivity contribution in [2.45, 2.75) is 38.5 Å². The van der Waals surface area contributed by atoms with Crippen molar-refractivity contribution in [3.8, 4) is 0 Å². The number of hydrogen-bond donors (Lipinski definition) is 1. The SMILES string of the molecule is c1ccc2c(CCC3CCCC3)c[nH]c2c1. The van der Waals surface area contributed by atoms with Crippen molar-refractivity contribution in [3.63, 3.8) is 0 Å². The van der Waals surface area contributed by atoms with Crippen LogP contribution in [0.5, 0.6) is 0 Å². The molecule has 1 aliphatic carbocycles. The summed E-state index contributed by atoms with van der Waals surface area (Å²) in [4.78, 5) is 3.36. The van der Waals surface area contributed by atoms with Gasteiger partial charge in [0.25, 0.3) is 0 Å². The Morgan fingerprint density at radius 1 is 1.12 bits per heavy atom. The zero-order chi connectivity index (χ0) is 10.8. The zero-order valence-corrected chi connectivity index (χ0v) is 9.71. The number of hydrogen-bond acceptors (Lipinski definition) is 0. The molecule has 0 atom stereocenters. The van der Waals surface area contributed by atoms with Crippen molar-refractivity contribution in [3.05, 3.63) is 36.0 Å². The van der Waals surface area contributed by atoms with E-state index in [1.165, 1.54) is 55.0 Å². The van der Waals surface area contributed by atoms with Crippen molar-refractivity contribution in [1.29, 1.82) is 0 Å². The molecule has 0 aliphatic heterocycles. The Hall–Kier alpha value is -1.24. The molecule has 0 spiro atoms. The minimum absolute atomic E-state index is 0.994. The van der Waals surface area contributed by atoms with Gasteiger partial charge < -0.3 is 4.98 Å². The van der Waals surface area contributed by atoms with Crippen LogP contribution in [0.15, 0.2) is 30.5 Å². The van der Waals surface area contributed by atoms with Gasteiger partial charge in [-0.05, 0) is 30.4 Å². The van der Waals surface area contributed by atoms with Crippen molar-refractivity contribution < 1.29 is 0 Å². The summed E-state index contributed by atoms with van der Waals surface area (Å²) >= 11 is 0. The zero-order valence-electron chi connectivity index (χ0n) is 9.71. The Morgan fingerprint density at radius 2 is 1.94 bits per heavy atom. The van der Waals surface area contributed by atoms with Crippen molar-refractivity contribution in [2.24, 2.45) is 5.92 Å². The summed E-state index contributed by atoms with van der Waals surface area (Å²) in [6.45, 7) is 0. The molecule has 2 aromatic rings. The molecule has 0 saturated heterocycles. The van der Waals surface area contributed by atoms with E-state index in [1.807, 2.05) is 0 Å². The van der Waals surface area contributed by atoms with E-state index in [0.29, 0.717) is 0 Å². The largest absolute Gasteiger partial charge is 0.361 e. The van der Waals surface area contributed by atoms with Crippen LogP contribution < -0.4 is 0 Å². The minimum Gasteiger partial charge on any atom is -0.361 e. The molecule has 0 amide bonds. The van der Waals surface area contributed by atoms with Crippen molar-refractivity contribution in [1.82, 2.24) is 4.98 Å². The van der Waals surface area contributed by atoms with Crippen LogP contribution in [0, 0.1) is 5.92 Å². The second kappa shape index (κ2) is 4.32. The van der Waals surface area contributed by atoms with E-state index >= 15 is 0 Å². The number of nitrogens with one attached hydrogen (secondary N) is 1. The molecule has 0 bridgehead atoms. The molecule has 0 radical (unpaired) electrons. The molecule has 3 rings (SSSR count). The third-order valence-electron chi connectivity index (χ3n) is 3.97. The third-order valence-corrected chi connectivity index (χ3v) is 3.97. The topological polar surface area (TPSA) is 15.8 Å². The molecule has 1 aliphatic rings. The van der Waals surface area contributed by atoms with E-state index in [-0.39, 0.29) is 0 Å². The van der Waals surface area contributed by atoms with E-state index in [0.717, 1.165) is 5.92 Å². The van der Waals surface area contributed by atoms with Gasteiger partial charge in [0.2, 0.25) is 0 Å². The van der Waals surface area contributed by atoms with E-state index in [1.54, 1.807) is 0 Å². The molecule has 1 nitrogen and oxygen atoms in total. The number of aryl methyl sites for hydroxylation is 1. The summed E-state index contributed by atoms with van der Waals surface area (Å²) in [5.41, 5.74) is 2.78. The quantitative estimate of drug-likeness (QED) is 0.782. The lowest BCUT2D eigenvalue weighted by molar-refractivity contribution is 0.504. The average molecular weight is 213 g/mol. The lowest BCUT2D eigenvalue weighted by Gasteiger charge is -2.07. The molecule has 1 aromatic heterocycles. The summed E-state index contributed by atoms with van der Waals surface area (Å²) in [6, 6.07) is 8.62. The number of benzene rings is 1. The predicted molar refractivity (Wildman–Crippen MR) is 68.6 cm³/mol. The Labute approximate surface area is 96.9 Å². The number of rotatable bonds is 3. The van der Waals surface area contributed by atoms with Gasteiger partial charge in [0, 0.05) is 17.1 Å². The lowest BCUT2D eigenvalue weighted by Crippen LogP contribution is -1.95. The maximum atomic E-state index is 3.36. The van der Waals surface area contributed by atoms with Crippen LogP contribution in [0.1, 0.15) is 37.7 Å². The van der Waals surface area contributed by atoms with Crippen LogP contribution in [-0.4, -0.2) is 4.98 Å². The smallest absolute Gasteiger partial charge is 0.0456 e. The first kappa shape index (κ1) is 9.95. The first-order chi connectivity index (χ1) is 7.93. The summed E-state index contributed by atoms with van der Waals surface area (Å²) in [5.74, 6) is 0.994. The summed E-state index contributed by atoms with van der Waals surface area (Å²) < 4.78 is 0. The van der Waals surface area contributed by atoms with Gasteiger partial charge >= 0.3 is 0 Å². The molecule has 1 saturated carbocycles. The summed E-state index contributed by atoms with van der Waals surface area (Å²) in [6.07, 6.45) is 10.7. The Kier molecular flexibility index (Phi) is 2.69. The maximum absolute atomic E-state index is 3.36. The highest BCUT2D eigenvalue weighted by Gasteiger charge is 2.15. The monoisotopic (exact) mass is 213 g/mol. The summed E-state index contributed by atoms with van der Waals surface area (Å²) in [5, 5.41) is 1.42. The molecule has 1 aromatic carbocycles. The van der Waals surface area contributed by atoms with Crippen LogP contribution in [0.2, 0.25) is 0 Å². The number of fused-ring (bicyclic) bond motifs is 1. The molecule has 1 fully saturated rings. The van der Waals surface area contributed by atoms with Gasteiger partial charge in [0.1, 0.15) is 0 Å². The second-order valence-corrected chi connectivity index (χ2v) is 5.05. The number of aromatic amines is 1. The standard InChI is InChI=1S/C15H19N/c1-2-6-12(5-1)9-10-13-11-16-15-8-4-3-7-14(13)15/h3-4,7-8,11-12,16H,1-2,5-6,9-10H2. The number of aromatic nitrogens is 1. The first-order valence-electron chi connectivity index (χ1n) is 6.48. The minimum atomic E-state index is 0.994.